The van der Waals surface area contributed by atoms with E-state index in [1.165, 1.54) is 11.1 Å². The van der Waals surface area contributed by atoms with Crippen molar-refractivity contribution in [3.8, 4) is 0 Å². The van der Waals surface area contributed by atoms with Crippen LogP contribution in [0.1, 0.15) is 17.5 Å². The second-order valence-corrected chi connectivity index (χ2v) is 4.95. The summed E-state index contributed by atoms with van der Waals surface area (Å²) in [6.07, 6.45) is 3.11. The van der Waals surface area contributed by atoms with E-state index >= 15 is 0 Å². The van der Waals surface area contributed by atoms with E-state index in [0.29, 0.717) is 0 Å². The van der Waals surface area contributed by atoms with E-state index < -0.39 is 0 Å². The highest BCUT2D eigenvalue weighted by molar-refractivity contribution is 7.98. The van der Waals surface area contributed by atoms with Crippen molar-refractivity contribution in [1.82, 2.24) is 5.32 Å². The molecule has 16 heavy (non-hydrogen) atoms. The third-order valence-corrected chi connectivity index (χ3v) is 3.38. The van der Waals surface area contributed by atoms with Crippen molar-refractivity contribution in [1.29, 1.82) is 0 Å². The van der Waals surface area contributed by atoms with Gasteiger partial charge in [-0.05, 0) is 36.5 Å². The van der Waals surface area contributed by atoms with Gasteiger partial charge in [-0.3, -0.25) is 0 Å². The third-order valence-electron chi connectivity index (χ3n) is 2.73. The highest BCUT2D eigenvalue weighted by atomic mass is 32.2. The summed E-state index contributed by atoms with van der Waals surface area (Å²) >= 11 is 1.82. The summed E-state index contributed by atoms with van der Waals surface area (Å²) in [6.45, 7) is 3.17. The van der Waals surface area contributed by atoms with E-state index in [0.717, 1.165) is 18.7 Å². The predicted octanol–water partition coefficient (Wildman–Crippen LogP) is 2.20. The lowest BCUT2D eigenvalue weighted by atomic mass is 10.1. The Hall–Kier alpha value is -0.510. The molecule has 1 atom stereocenters. The van der Waals surface area contributed by atoms with Crippen molar-refractivity contribution in [2.24, 2.45) is 0 Å². The van der Waals surface area contributed by atoms with Crippen LogP contribution in [0.4, 0.5) is 0 Å². The number of benzene rings is 1. The van der Waals surface area contributed by atoms with Gasteiger partial charge in [0, 0.05) is 12.6 Å². The molecule has 3 heteroatoms. The molecule has 0 radical (unpaired) electrons. The maximum atomic E-state index is 9.23. The van der Waals surface area contributed by atoms with Gasteiger partial charge in [0.05, 0.1) is 6.61 Å². The van der Waals surface area contributed by atoms with Crippen LogP contribution in [-0.4, -0.2) is 29.8 Å². The summed E-state index contributed by atoms with van der Waals surface area (Å²) < 4.78 is 0. The van der Waals surface area contributed by atoms with Crippen molar-refractivity contribution in [2.45, 2.75) is 25.9 Å². The molecule has 90 valence electrons. The molecule has 0 saturated carbocycles. The molecule has 0 fully saturated rings. The molecule has 1 unspecified atom stereocenters. The van der Waals surface area contributed by atoms with E-state index in [-0.39, 0.29) is 12.6 Å². The summed E-state index contributed by atoms with van der Waals surface area (Å²) in [4.78, 5) is 0. The van der Waals surface area contributed by atoms with Gasteiger partial charge in [0.1, 0.15) is 0 Å². The number of aryl methyl sites for hydroxylation is 1. The Balaban J connectivity index is 2.40. The molecule has 0 saturated heterocycles. The third kappa shape index (κ3) is 4.56. The summed E-state index contributed by atoms with van der Waals surface area (Å²) in [6, 6.07) is 8.57. The van der Waals surface area contributed by atoms with Crippen LogP contribution < -0.4 is 5.32 Å². The van der Waals surface area contributed by atoms with E-state index in [1.54, 1.807) is 0 Å². The first-order valence-electron chi connectivity index (χ1n) is 5.65. The fraction of sp³-hybridized carbons (Fsp3) is 0.538. The zero-order valence-corrected chi connectivity index (χ0v) is 10.9. The number of nitrogens with one attached hydrogen (secondary N) is 1. The minimum Gasteiger partial charge on any atom is -0.395 e. The van der Waals surface area contributed by atoms with Gasteiger partial charge in [0.2, 0.25) is 0 Å². The Morgan fingerprint density at radius 1 is 1.38 bits per heavy atom. The number of thioether (sulfide) groups is 1. The van der Waals surface area contributed by atoms with E-state index in [4.69, 9.17) is 0 Å². The average Bonchev–Trinajstić information content (AvgIpc) is 2.31. The van der Waals surface area contributed by atoms with E-state index in [1.807, 2.05) is 11.8 Å². The van der Waals surface area contributed by atoms with Crippen LogP contribution in [0.2, 0.25) is 0 Å². The quantitative estimate of drug-likeness (QED) is 0.765. The van der Waals surface area contributed by atoms with Gasteiger partial charge in [0.15, 0.2) is 0 Å². The zero-order chi connectivity index (χ0) is 11.8. The number of aliphatic hydroxyl groups is 1. The molecule has 0 bridgehead atoms. The van der Waals surface area contributed by atoms with Crippen LogP contribution in [0.3, 0.4) is 0 Å². The van der Waals surface area contributed by atoms with Gasteiger partial charge in [-0.2, -0.15) is 11.8 Å². The number of aliphatic hydroxyl groups excluding tert-OH is 1. The standard InChI is InChI=1S/C13H21NOS/c1-11-5-3-4-6-12(11)9-14-13(10-15)7-8-16-2/h3-6,13-15H,7-10H2,1-2H3. The maximum Gasteiger partial charge on any atom is 0.0585 e. The van der Waals surface area contributed by atoms with Gasteiger partial charge in [-0.15, -0.1) is 0 Å². The SMILES string of the molecule is CSCCC(CO)NCc1ccccc1C. The molecular weight excluding hydrogens is 218 g/mol. The minimum absolute atomic E-state index is 0.215. The lowest BCUT2D eigenvalue weighted by Crippen LogP contribution is -2.32. The molecule has 2 N–H and O–H groups in total. The summed E-state index contributed by atoms with van der Waals surface area (Å²) in [5, 5.41) is 12.6. The number of hydrogen-bond acceptors (Lipinski definition) is 3. The average molecular weight is 239 g/mol. The molecule has 0 amide bonds. The van der Waals surface area contributed by atoms with Gasteiger partial charge in [-0.25, -0.2) is 0 Å². The minimum atomic E-state index is 0.215. The Bertz CT molecular complexity index is 304. The van der Waals surface area contributed by atoms with E-state index in [9.17, 15) is 5.11 Å². The molecule has 0 spiro atoms. The Morgan fingerprint density at radius 2 is 2.12 bits per heavy atom. The Labute approximate surface area is 102 Å². The summed E-state index contributed by atoms with van der Waals surface area (Å²) in [5.74, 6) is 1.09. The lowest BCUT2D eigenvalue weighted by Gasteiger charge is -2.16. The Morgan fingerprint density at radius 3 is 2.75 bits per heavy atom. The van der Waals surface area contributed by atoms with Crippen molar-refractivity contribution in [3.63, 3.8) is 0 Å². The van der Waals surface area contributed by atoms with Gasteiger partial charge in [0.25, 0.3) is 0 Å². The lowest BCUT2D eigenvalue weighted by molar-refractivity contribution is 0.239. The van der Waals surface area contributed by atoms with Crippen LogP contribution in [0.25, 0.3) is 0 Å². The monoisotopic (exact) mass is 239 g/mol. The topological polar surface area (TPSA) is 32.3 Å². The first-order valence-corrected chi connectivity index (χ1v) is 7.05. The summed E-state index contributed by atoms with van der Waals surface area (Å²) in [7, 11) is 0. The highest BCUT2D eigenvalue weighted by Crippen LogP contribution is 2.07. The molecule has 1 aromatic carbocycles. The van der Waals surface area contributed by atoms with Crippen LogP contribution in [0, 0.1) is 6.92 Å². The largest absolute Gasteiger partial charge is 0.395 e. The fourth-order valence-corrected chi connectivity index (χ4v) is 2.10. The van der Waals surface area contributed by atoms with Crippen LogP contribution >= 0.6 is 11.8 Å². The molecule has 2 nitrogen and oxygen atoms in total. The second kappa shape index (κ2) is 7.71. The second-order valence-electron chi connectivity index (χ2n) is 3.97. The van der Waals surface area contributed by atoms with Crippen LogP contribution in [0.5, 0.6) is 0 Å². The maximum absolute atomic E-state index is 9.23. The van der Waals surface area contributed by atoms with Crippen LogP contribution in [-0.2, 0) is 6.54 Å². The van der Waals surface area contributed by atoms with Gasteiger partial charge < -0.3 is 10.4 Å². The summed E-state index contributed by atoms with van der Waals surface area (Å²) in [5.41, 5.74) is 2.61. The van der Waals surface area contributed by atoms with Crippen molar-refractivity contribution in [2.75, 3.05) is 18.6 Å². The van der Waals surface area contributed by atoms with Crippen molar-refractivity contribution >= 4 is 11.8 Å². The first kappa shape index (κ1) is 13.6. The molecule has 0 aliphatic rings. The predicted molar refractivity (Wildman–Crippen MR) is 71.9 cm³/mol. The smallest absolute Gasteiger partial charge is 0.0585 e. The van der Waals surface area contributed by atoms with E-state index in [2.05, 4.69) is 42.8 Å². The zero-order valence-electron chi connectivity index (χ0n) is 10.1. The number of rotatable bonds is 7. The van der Waals surface area contributed by atoms with Gasteiger partial charge in [-0.1, -0.05) is 24.3 Å². The Kier molecular flexibility index (Phi) is 6.53. The van der Waals surface area contributed by atoms with Crippen molar-refractivity contribution in [3.05, 3.63) is 35.4 Å². The highest BCUT2D eigenvalue weighted by Gasteiger charge is 2.06. The molecule has 0 aromatic heterocycles. The normalized spacial score (nSPS) is 12.7. The van der Waals surface area contributed by atoms with Crippen LogP contribution in [0.15, 0.2) is 24.3 Å². The molecule has 1 rings (SSSR count). The molecule has 1 aromatic rings. The molecule has 0 aliphatic heterocycles. The molecular formula is C13H21NOS. The number of hydrogen-bond donors (Lipinski definition) is 2. The fourth-order valence-electron chi connectivity index (χ4n) is 1.58. The van der Waals surface area contributed by atoms with Crippen molar-refractivity contribution < 1.29 is 5.11 Å². The first-order chi connectivity index (χ1) is 7.77. The molecule has 0 aliphatic carbocycles. The molecule has 0 heterocycles. The van der Waals surface area contributed by atoms with Gasteiger partial charge >= 0.3 is 0 Å².